The number of aromatic nitrogens is 2. The number of para-hydroxylation sites is 1. The minimum Gasteiger partial charge on any atom is -0.493 e. The molecule has 4 aromatic rings. The zero-order valence-electron chi connectivity index (χ0n) is 17.8. The van der Waals surface area contributed by atoms with Crippen LogP contribution in [0.5, 0.6) is 23.0 Å². The van der Waals surface area contributed by atoms with Gasteiger partial charge in [-0.05, 0) is 42.4 Å². The monoisotopic (exact) mass is 415 g/mol. The molecule has 0 radical (unpaired) electrons. The Morgan fingerprint density at radius 1 is 0.839 bits per heavy atom. The molecule has 0 spiro atoms. The topological polar surface area (TPSA) is 65.5 Å². The van der Waals surface area contributed by atoms with Gasteiger partial charge in [0.2, 0.25) is 0 Å². The molecule has 1 unspecified atom stereocenters. The van der Waals surface area contributed by atoms with Gasteiger partial charge < -0.3 is 19.5 Å². The average Bonchev–Trinajstić information content (AvgIpc) is 2.82. The van der Waals surface area contributed by atoms with Gasteiger partial charge in [0.25, 0.3) is 0 Å². The number of ether oxygens (including phenoxy) is 3. The van der Waals surface area contributed by atoms with Crippen LogP contribution in [-0.4, -0.2) is 30.7 Å². The fraction of sp³-hybridized carbons (Fsp3) is 0.200. The van der Waals surface area contributed by atoms with E-state index in [0.29, 0.717) is 11.5 Å². The highest BCUT2D eigenvalue weighted by molar-refractivity contribution is 5.85. The van der Waals surface area contributed by atoms with E-state index in [1.807, 2.05) is 54.6 Å². The van der Waals surface area contributed by atoms with Gasteiger partial charge in [0, 0.05) is 11.5 Å². The number of methoxy groups -OCH3 is 2. The van der Waals surface area contributed by atoms with Crippen molar-refractivity contribution >= 4 is 10.9 Å². The van der Waals surface area contributed by atoms with E-state index in [1.54, 1.807) is 20.5 Å². The maximum Gasteiger partial charge on any atom is 0.162 e. The standard InChI is InChI=1S/C25H25N3O3/c1-4-26-24(17-10-12-19(13-11-17)31-18-8-6-5-7-9-18)25-20-14-22(29-2)23(30-3)15-21(20)27-16-28-25/h5-16,24,26H,4H2,1-3H3. The zero-order chi connectivity index (χ0) is 21.6. The normalized spacial score (nSPS) is 11.8. The van der Waals surface area contributed by atoms with E-state index in [0.717, 1.165) is 40.2 Å². The molecule has 4 rings (SSSR count). The lowest BCUT2D eigenvalue weighted by molar-refractivity contribution is 0.355. The van der Waals surface area contributed by atoms with Crippen molar-refractivity contribution in [2.75, 3.05) is 20.8 Å². The molecule has 0 aliphatic heterocycles. The number of fused-ring (bicyclic) bond motifs is 1. The Bertz CT molecular complexity index is 1150. The van der Waals surface area contributed by atoms with E-state index >= 15 is 0 Å². The fourth-order valence-electron chi connectivity index (χ4n) is 3.56. The van der Waals surface area contributed by atoms with E-state index in [2.05, 4.69) is 34.3 Å². The molecule has 158 valence electrons. The van der Waals surface area contributed by atoms with E-state index in [9.17, 15) is 0 Å². The van der Waals surface area contributed by atoms with Crippen molar-refractivity contribution in [3.8, 4) is 23.0 Å². The molecule has 0 bridgehead atoms. The predicted octanol–water partition coefficient (Wildman–Crippen LogP) is 5.14. The maximum absolute atomic E-state index is 5.93. The van der Waals surface area contributed by atoms with E-state index in [1.165, 1.54) is 0 Å². The van der Waals surface area contributed by atoms with Crippen molar-refractivity contribution in [3.05, 3.63) is 84.3 Å². The summed E-state index contributed by atoms with van der Waals surface area (Å²) in [4.78, 5) is 9.05. The van der Waals surface area contributed by atoms with Crippen molar-refractivity contribution in [2.45, 2.75) is 13.0 Å². The Kier molecular flexibility index (Phi) is 6.29. The van der Waals surface area contributed by atoms with Crippen LogP contribution in [0.4, 0.5) is 0 Å². The summed E-state index contributed by atoms with van der Waals surface area (Å²) in [5.74, 6) is 2.88. The van der Waals surface area contributed by atoms with Crippen LogP contribution in [0.25, 0.3) is 10.9 Å². The highest BCUT2D eigenvalue weighted by Crippen LogP contribution is 2.35. The summed E-state index contributed by atoms with van der Waals surface area (Å²) in [7, 11) is 3.24. The third kappa shape index (κ3) is 4.44. The summed E-state index contributed by atoms with van der Waals surface area (Å²) >= 11 is 0. The number of nitrogens with one attached hydrogen (secondary N) is 1. The molecule has 1 aromatic heterocycles. The molecule has 0 amide bonds. The Morgan fingerprint density at radius 2 is 1.52 bits per heavy atom. The lowest BCUT2D eigenvalue weighted by atomic mass is 9.99. The molecular weight excluding hydrogens is 390 g/mol. The van der Waals surface area contributed by atoms with Gasteiger partial charge in [-0.15, -0.1) is 0 Å². The second-order valence-electron chi connectivity index (χ2n) is 6.96. The molecule has 1 heterocycles. The van der Waals surface area contributed by atoms with Crippen LogP contribution in [-0.2, 0) is 0 Å². The summed E-state index contributed by atoms with van der Waals surface area (Å²) in [5.41, 5.74) is 2.76. The van der Waals surface area contributed by atoms with Crippen LogP contribution in [0.1, 0.15) is 24.2 Å². The molecule has 6 nitrogen and oxygen atoms in total. The first-order valence-electron chi connectivity index (χ1n) is 10.2. The SMILES string of the molecule is CCNC(c1ccc(Oc2ccccc2)cc1)c1ncnc2cc(OC)c(OC)cc12. The molecule has 0 saturated carbocycles. The number of nitrogens with zero attached hydrogens (tertiary/aromatic N) is 2. The largest absolute Gasteiger partial charge is 0.493 e. The summed E-state index contributed by atoms with van der Waals surface area (Å²) in [6.07, 6.45) is 1.58. The van der Waals surface area contributed by atoms with Crippen LogP contribution < -0.4 is 19.5 Å². The van der Waals surface area contributed by atoms with Gasteiger partial charge in [0.05, 0.1) is 31.5 Å². The highest BCUT2D eigenvalue weighted by Gasteiger charge is 2.20. The van der Waals surface area contributed by atoms with Crippen molar-refractivity contribution in [3.63, 3.8) is 0 Å². The van der Waals surface area contributed by atoms with Crippen LogP contribution in [0, 0.1) is 0 Å². The maximum atomic E-state index is 5.93. The van der Waals surface area contributed by atoms with Gasteiger partial charge in [-0.2, -0.15) is 0 Å². The number of hydrogen-bond acceptors (Lipinski definition) is 6. The zero-order valence-corrected chi connectivity index (χ0v) is 17.8. The first-order chi connectivity index (χ1) is 15.2. The lowest BCUT2D eigenvalue weighted by Crippen LogP contribution is -2.23. The second-order valence-corrected chi connectivity index (χ2v) is 6.96. The third-order valence-electron chi connectivity index (χ3n) is 5.05. The van der Waals surface area contributed by atoms with Gasteiger partial charge in [-0.1, -0.05) is 37.3 Å². The third-order valence-corrected chi connectivity index (χ3v) is 5.05. The number of benzene rings is 3. The Balaban J connectivity index is 1.71. The Morgan fingerprint density at radius 3 is 2.19 bits per heavy atom. The van der Waals surface area contributed by atoms with Gasteiger partial charge in [-0.3, -0.25) is 0 Å². The van der Waals surface area contributed by atoms with Crippen LogP contribution in [0.2, 0.25) is 0 Å². The molecule has 0 aliphatic carbocycles. The molecular formula is C25H25N3O3. The Hall–Kier alpha value is -3.64. The van der Waals surface area contributed by atoms with Crippen LogP contribution >= 0.6 is 0 Å². The molecule has 31 heavy (non-hydrogen) atoms. The second kappa shape index (κ2) is 9.45. The smallest absolute Gasteiger partial charge is 0.162 e. The van der Waals surface area contributed by atoms with Crippen molar-refractivity contribution < 1.29 is 14.2 Å². The molecule has 1 N–H and O–H groups in total. The van der Waals surface area contributed by atoms with Crippen molar-refractivity contribution in [1.29, 1.82) is 0 Å². The van der Waals surface area contributed by atoms with Crippen LogP contribution in [0.3, 0.4) is 0 Å². The quantitative estimate of drug-likeness (QED) is 0.430. The average molecular weight is 415 g/mol. The Labute approximate surface area is 181 Å². The molecule has 3 aromatic carbocycles. The fourth-order valence-corrected chi connectivity index (χ4v) is 3.56. The summed E-state index contributed by atoms with van der Waals surface area (Å²) in [6.45, 7) is 2.86. The number of rotatable bonds is 8. The molecule has 6 heteroatoms. The first kappa shape index (κ1) is 20.6. The minimum atomic E-state index is -0.112. The first-order valence-corrected chi connectivity index (χ1v) is 10.2. The summed E-state index contributed by atoms with van der Waals surface area (Å²) in [5, 5.41) is 4.45. The van der Waals surface area contributed by atoms with Crippen LogP contribution in [0.15, 0.2) is 73.1 Å². The van der Waals surface area contributed by atoms with E-state index in [4.69, 9.17) is 14.2 Å². The van der Waals surface area contributed by atoms with E-state index in [-0.39, 0.29) is 6.04 Å². The molecule has 0 saturated heterocycles. The van der Waals surface area contributed by atoms with Crippen molar-refractivity contribution in [1.82, 2.24) is 15.3 Å². The molecule has 1 atom stereocenters. The van der Waals surface area contributed by atoms with Gasteiger partial charge >= 0.3 is 0 Å². The van der Waals surface area contributed by atoms with Gasteiger partial charge in [0.15, 0.2) is 11.5 Å². The summed E-state index contributed by atoms with van der Waals surface area (Å²) in [6, 6.07) is 21.5. The van der Waals surface area contributed by atoms with Crippen molar-refractivity contribution in [2.24, 2.45) is 0 Å². The summed E-state index contributed by atoms with van der Waals surface area (Å²) < 4.78 is 16.9. The van der Waals surface area contributed by atoms with E-state index < -0.39 is 0 Å². The lowest BCUT2D eigenvalue weighted by Gasteiger charge is -2.20. The van der Waals surface area contributed by atoms with Gasteiger partial charge in [0.1, 0.15) is 17.8 Å². The molecule has 0 fully saturated rings. The number of hydrogen-bond donors (Lipinski definition) is 1. The van der Waals surface area contributed by atoms with Gasteiger partial charge in [-0.25, -0.2) is 9.97 Å². The highest BCUT2D eigenvalue weighted by atomic mass is 16.5. The minimum absolute atomic E-state index is 0.112. The molecule has 0 aliphatic rings. The predicted molar refractivity (Wildman–Crippen MR) is 121 cm³/mol.